The molecule has 0 aromatic heterocycles. The molecular weight excluding hydrogens is 230 g/mol. The number of carboxylic acids is 1. The number of likely N-dealkylation sites (tertiary alicyclic amines) is 1. The highest BCUT2D eigenvalue weighted by molar-refractivity contribution is 5.81. The molecular formula is C14H17NO3. The molecule has 0 aliphatic carbocycles. The van der Waals surface area contributed by atoms with Gasteiger partial charge in [-0.15, -0.1) is 0 Å². The van der Waals surface area contributed by atoms with Gasteiger partial charge in [-0.25, -0.2) is 0 Å². The van der Waals surface area contributed by atoms with Gasteiger partial charge in [0.25, 0.3) is 0 Å². The predicted octanol–water partition coefficient (Wildman–Crippen LogP) is 1.76. The van der Waals surface area contributed by atoms with E-state index in [9.17, 15) is 9.59 Å². The molecule has 1 saturated heterocycles. The van der Waals surface area contributed by atoms with Crippen molar-refractivity contribution in [1.82, 2.24) is 4.90 Å². The van der Waals surface area contributed by atoms with Gasteiger partial charge in [-0.05, 0) is 11.5 Å². The zero-order valence-electron chi connectivity index (χ0n) is 10.4. The van der Waals surface area contributed by atoms with Crippen LogP contribution in [0.4, 0.5) is 0 Å². The number of amides is 1. The second kappa shape index (κ2) is 5.21. The minimum Gasteiger partial charge on any atom is -0.481 e. The van der Waals surface area contributed by atoms with Gasteiger partial charge in [0.05, 0.1) is 5.92 Å². The number of carbonyl (C=O) groups excluding carboxylic acids is 1. The fourth-order valence-corrected chi connectivity index (χ4v) is 2.34. The second-order valence-electron chi connectivity index (χ2n) is 4.89. The molecule has 1 aromatic rings. The molecule has 1 heterocycles. The summed E-state index contributed by atoms with van der Waals surface area (Å²) in [7, 11) is 0. The van der Waals surface area contributed by atoms with Crippen LogP contribution in [0, 0.1) is 11.8 Å². The minimum atomic E-state index is -0.812. The van der Waals surface area contributed by atoms with E-state index in [1.54, 1.807) is 4.90 Å². The highest BCUT2D eigenvalue weighted by Gasteiger charge is 2.35. The van der Waals surface area contributed by atoms with Gasteiger partial charge in [0.2, 0.25) is 5.91 Å². The van der Waals surface area contributed by atoms with E-state index in [1.807, 2.05) is 37.3 Å². The summed E-state index contributed by atoms with van der Waals surface area (Å²) in [6.45, 7) is 2.64. The van der Waals surface area contributed by atoms with Crippen LogP contribution in [0.25, 0.3) is 0 Å². The number of hydrogen-bond acceptors (Lipinski definition) is 2. The highest BCUT2D eigenvalue weighted by atomic mass is 16.4. The van der Waals surface area contributed by atoms with Crippen LogP contribution in [0.1, 0.15) is 18.9 Å². The van der Waals surface area contributed by atoms with Crippen LogP contribution in [-0.2, 0) is 16.1 Å². The smallest absolute Gasteiger partial charge is 0.308 e. The summed E-state index contributed by atoms with van der Waals surface area (Å²) >= 11 is 0. The number of benzene rings is 1. The molecule has 1 aromatic carbocycles. The van der Waals surface area contributed by atoms with Gasteiger partial charge in [-0.1, -0.05) is 37.3 Å². The second-order valence-corrected chi connectivity index (χ2v) is 4.89. The first-order valence-electron chi connectivity index (χ1n) is 6.12. The average molecular weight is 247 g/mol. The van der Waals surface area contributed by atoms with Crippen molar-refractivity contribution in [2.24, 2.45) is 11.8 Å². The van der Waals surface area contributed by atoms with Crippen molar-refractivity contribution < 1.29 is 14.7 Å². The van der Waals surface area contributed by atoms with Crippen molar-refractivity contribution in [3.8, 4) is 0 Å². The zero-order valence-corrected chi connectivity index (χ0v) is 10.4. The van der Waals surface area contributed by atoms with E-state index in [-0.39, 0.29) is 11.8 Å². The molecule has 0 radical (unpaired) electrons. The first kappa shape index (κ1) is 12.6. The minimum absolute atomic E-state index is 0.0452. The van der Waals surface area contributed by atoms with E-state index in [1.165, 1.54) is 0 Å². The van der Waals surface area contributed by atoms with Gasteiger partial charge in [-0.3, -0.25) is 9.59 Å². The topological polar surface area (TPSA) is 57.6 Å². The zero-order chi connectivity index (χ0) is 13.1. The third-order valence-electron chi connectivity index (χ3n) is 3.49. The molecule has 18 heavy (non-hydrogen) atoms. The fraction of sp³-hybridized carbons (Fsp3) is 0.429. The lowest BCUT2D eigenvalue weighted by atomic mass is 9.86. The molecule has 1 fully saturated rings. The summed E-state index contributed by atoms with van der Waals surface area (Å²) < 4.78 is 0. The SMILES string of the molecule is CC1CC(=O)N(Cc2ccccc2)CC1C(=O)O. The summed E-state index contributed by atoms with van der Waals surface area (Å²) in [6, 6.07) is 9.65. The largest absolute Gasteiger partial charge is 0.481 e. The Balaban J connectivity index is 2.08. The van der Waals surface area contributed by atoms with E-state index in [0.29, 0.717) is 19.5 Å². The van der Waals surface area contributed by atoms with Crippen LogP contribution in [0.2, 0.25) is 0 Å². The van der Waals surface area contributed by atoms with E-state index in [2.05, 4.69) is 0 Å². The maximum absolute atomic E-state index is 11.9. The number of aliphatic carboxylic acids is 1. The van der Waals surface area contributed by atoms with E-state index < -0.39 is 11.9 Å². The van der Waals surface area contributed by atoms with Crippen molar-refractivity contribution in [1.29, 1.82) is 0 Å². The summed E-state index contributed by atoms with van der Waals surface area (Å²) in [6.07, 6.45) is 0.323. The van der Waals surface area contributed by atoms with Gasteiger partial charge in [-0.2, -0.15) is 0 Å². The molecule has 2 rings (SSSR count). The van der Waals surface area contributed by atoms with Crippen molar-refractivity contribution in [2.75, 3.05) is 6.54 Å². The van der Waals surface area contributed by atoms with Gasteiger partial charge in [0, 0.05) is 19.5 Å². The Bertz CT molecular complexity index is 444. The maximum Gasteiger partial charge on any atom is 0.308 e. The van der Waals surface area contributed by atoms with E-state index in [0.717, 1.165) is 5.56 Å². The summed E-state index contributed by atoms with van der Waals surface area (Å²) in [5.74, 6) is -1.30. The van der Waals surface area contributed by atoms with Crippen molar-refractivity contribution in [3.63, 3.8) is 0 Å². The highest BCUT2D eigenvalue weighted by Crippen LogP contribution is 2.25. The number of nitrogens with zero attached hydrogens (tertiary/aromatic N) is 1. The number of piperidine rings is 1. The van der Waals surface area contributed by atoms with Gasteiger partial charge < -0.3 is 10.0 Å². The quantitative estimate of drug-likeness (QED) is 0.885. The predicted molar refractivity (Wildman–Crippen MR) is 66.8 cm³/mol. The van der Waals surface area contributed by atoms with Crippen LogP contribution >= 0.6 is 0 Å². The van der Waals surface area contributed by atoms with E-state index >= 15 is 0 Å². The molecule has 96 valence electrons. The lowest BCUT2D eigenvalue weighted by molar-refractivity contribution is -0.150. The van der Waals surface area contributed by atoms with Crippen LogP contribution in [-0.4, -0.2) is 28.4 Å². The van der Waals surface area contributed by atoms with Gasteiger partial charge >= 0.3 is 5.97 Å². The van der Waals surface area contributed by atoms with Gasteiger partial charge in [0.15, 0.2) is 0 Å². The van der Waals surface area contributed by atoms with Crippen LogP contribution in [0.3, 0.4) is 0 Å². The number of carbonyl (C=O) groups is 2. The first-order chi connectivity index (χ1) is 8.58. The molecule has 1 N–H and O–H groups in total. The normalized spacial score (nSPS) is 24.1. The number of hydrogen-bond donors (Lipinski definition) is 1. The average Bonchev–Trinajstić information content (AvgIpc) is 2.33. The Kier molecular flexibility index (Phi) is 3.65. The summed E-state index contributed by atoms with van der Waals surface area (Å²) in [4.78, 5) is 24.7. The third-order valence-corrected chi connectivity index (χ3v) is 3.49. The Morgan fingerprint density at radius 2 is 2.06 bits per heavy atom. The molecule has 2 atom stereocenters. The lowest BCUT2D eigenvalue weighted by Gasteiger charge is -2.34. The standard InChI is InChI=1S/C14H17NO3/c1-10-7-13(16)15(9-12(10)14(17)18)8-11-5-3-2-4-6-11/h2-6,10,12H,7-9H2,1H3,(H,17,18). The Hall–Kier alpha value is -1.84. The molecule has 1 aliphatic rings. The Labute approximate surface area is 106 Å². The molecule has 1 aliphatic heterocycles. The molecule has 0 bridgehead atoms. The molecule has 1 amide bonds. The Morgan fingerprint density at radius 3 is 2.67 bits per heavy atom. The molecule has 4 nitrogen and oxygen atoms in total. The third kappa shape index (κ3) is 2.70. The summed E-state index contributed by atoms with van der Waals surface area (Å²) in [5, 5.41) is 9.14. The molecule has 4 heteroatoms. The van der Waals surface area contributed by atoms with Crippen molar-refractivity contribution in [2.45, 2.75) is 19.9 Å². The number of rotatable bonds is 3. The molecule has 0 saturated carbocycles. The summed E-state index contributed by atoms with van der Waals surface area (Å²) in [5.41, 5.74) is 1.03. The molecule has 2 unspecified atom stereocenters. The van der Waals surface area contributed by atoms with Gasteiger partial charge in [0.1, 0.15) is 0 Å². The van der Waals surface area contributed by atoms with Crippen LogP contribution in [0.15, 0.2) is 30.3 Å². The molecule has 0 spiro atoms. The lowest BCUT2D eigenvalue weighted by Crippen LogP contribution is -2.45. The van der Waals surface area contributed by atoms with E-state index in [4.69, 9.17) is 5.11 Å². The van der Waals surface area contributed by atoms with Crippen molar-refractivity contribution in [3.05, 3.63) is 35.9 Å². The monoisotopic (exact) mass is 247 g/mol. The van der Waals surface area contributed by atoms with Crippen LogP contribution < -0.4 is 0 Å². The van der Waals surface area contributed by atoms with Crippen LogP contribution in [0.5, 0.6) is 0 Å². The number of carboxylic acid groups (broad SMARTS) is 1. The maximum atomic E-state index is 11.9. The Morgan fingerprint density at radius 1 is 1.39 bits per heavy atom. The fourth-order valence-electron chi connectivity index (χ4n) is 2.34. The van der Waals surface area contributed by atoms with Crippen molar-refractivity contribution >= 4 is 11.9 Å². The first-order valence-corrected chi connectivity index (χ1v) is 6.12.